The fraction of sp³-hybridized carbons (Fsp3) is 0.622. The van der Waals surface area contributed by atoms with Gasteiger partial charge in [-0.1, -0.05) is 51.1 Å². The molecule has 0 aliphatic carbocycles. The summed E-state index contributed by atoms with van der Waals surface area (Å²) in [6.07, 6.45) is -0.122. The number of piperidine rings is 1. The molecule has 0 aromatic heterocycles. The summed E-state index contributed by atoms with van der Waals surface area (Å²) in [5.74, 6) is 0.337. The number of hydrogen-bond acceptors (Lipinski definition) is 10. The normalized spacial score (nSPS) is 20.9. The number of hydrogen-bond donors (Lipinski definition) is 3. The third-order valence-corrected chi connectivity index (χ3v) is 9.76. The molecule has 3 atom stereocenters. The van der Waals surface area contributed by atoms with Crippen molar-refractivity contribution >= 4 is 17.6 Å². The molecule has 2 aromatic rings. The van der Waals surface area contributed by atoms with Crippen molar-refractivity contribution in [2.24, 2.45) is 5.41 Å². The Kier molecular flexibility index (Phi) is 14.2. The largest absolute Gasteiger partial charge is 0.490 e. The molecule has 1 saturated heterocycles. The van der Waals surface area contributed by atoms with Crippen molar-refractivity contribution in [1.82, 2.24) is 10.2 Å². The Bertz CT molecular complexity index is 1350. The SMILES string of the molecule is COCCCN1CCOc2ccc(CO[C@H]3CN(C(=O)O)[C@@](CNCC(=O)CO)(C(C)(C)C)C[C@@H]3c3ccc(COCCOC)cc3)cc21. The number of fused-ring (bicyclic) bond motifs is 1. The van der Waals surface area contributed by atoms with Crippen molar-refractivity contribution in [2.75, 3.05) is 84.9 Å². The summed E-state index contributed by atoms with van der Waals surface area (Å²) < 4.78 is 28.7. The average molecular weight is 686 g/mol. The standard InChI is InChI=1S/C37H55N3O9/c1-36(2,3)37(26-38-21-30(42)23-41)20-31(29-10-7-27(8-11-29)24-47-18-17-46-5)34(22-40(37)35(43)44)49-25-28-9-12-33-32(19-28)39(14-16-48-33)13-6-15-45-4/h7-12,19,31,34,38,41H,6,13-18,20-26H2,1-5H3,(H,43,44)/t31-,34+,37+/m1/s1. The molecular weight excluding hydrogens is 630 g/mol. The van der Waals surface area contributed by atoms with E-state index >= 15 is 0 Å². The van der Waals surface area contributed by atoms with Crippen LogP contribution in [-0.2, 0) is 37.0 Å². The number of nitrogens with one attached hydrogen (secondary N) is 1. The van der Waals surface area contributed by atoms with Crippen LogP contribution in [0.2, 0.25) is 0 Å². The first kappa shape index (κ1) is 38.5. The third-order valence-electron chi connectivity index (χ3n) is 9.76. The van der Waals surface area contributed by atoms with Crippen LogP contribution in [0.25, 0.3) is 0 Å². The number of amides is 1. The van der Waals surface area contributed by atoms with Crippen molar-refractivity contribution in [1.29, 1.82) is 0 Å². The molecule has 0 saturated carbocycles. The molecule has 12 heteroatoms. The van der Waals surface area contributed by atoms with Crippen molar-refractivity contribution in [3.8, 4) is 5.75 Å². The summed E-state index contributed by atoms with van der Waals surface area (Å²) in [7, 11) is 3.35. The van der Waals surface area contributed by atoms with Crippen molar-refractivity contribution < 1.29 is 43.5 Å². The van der Waals surface area contributed by atoms with Gasteiger partial charge < -0.3 is 44.1 Å². The summed E-state index contributed by atoms with van der Waals surface area (Å²) in [6, 6.07) is 14.3. The minimum absolute atomic E-state index is 0.0469. The van der Waals surface area contributed by atoms with E-state index in [1.54, 1.807) is 14.2 Å². The smallest absolute Gasteiger partial charge is 0.407 e. The quantitative estimate of drug-likeness (QED) is 0.196. The van der Waals surface area contributed by atoms with Gasteiger partial charge in [0.2, 0.25) is 0 Å². The zero-order chi connectivity index (χ0) is 35.4. The van der Waals surface area contributed by atoms with Crippen LogP contribution >= 0.6 is 0 Å². The van der Waals surface area contributed by atoms with Crippen LogP contribution in [-0.4, -0.2) is 119 Å². The number of carbonyl (C=O) groups is 2. The average Bonchev–Trinajstić information content (AvgIpc) is 3.09. The molecule has 0 bridgehead atoms. The van der Waals surface area contributed by atoms with E-state index in [4.69, 9.17) is 23.7 Å². The summed E-state index contributed by atoms with van der Waals surface area (Å²) >= 11 is 0. The first-order chi connectivity index (χ1) is 23.5. The van der Waals surface area contributed by atoms with Gasteiger partial charge in [0.15, 0.2) is 5.78 Å². The molecule has 1 fully saturated rings. The number of aliphatic hydroxyl groups excluding tert-OH is 1. The maximum absolute atomic E-state index is 13.0. The third kappa shape index (κ3) is 9.93. The second-order valence-corrected chi connectivity index (χ2v) is 13.9. The van der Waals surface area contributed by atoms with Crippen LogP contribution in [0.4, 0.5) is 10.5 Å². The van der Waals surface area contributed by atoms with E-state index in [0.29, 0.717) is 46.1 Å². The Hall–Kier alpha value is -3.26. The van der Waals surface area contributed by atoms with E-state index in [9.17, 15) is 19.8 Å². The molecule has 2 aromatic carbocycles. The maximum atomic E-state index is 13.0. The van der Waals surface area contributed by atoms with E-state index in [1.807, 2.05) is 45.0 Å². The molecule has 2 aliphatic heterocycles. The zero-order valence-electron chi connectivity index (χ0n) is 29.7. The monoisotopic (exact) mass is 685 g/mol. The molecular formula is C37H55N3O9. The fourth-order valence-electron chi connectivity index (χ4n) is 6.90. The Morgan fingerprint density at radius 2 is 1.76 bits per heavy atom. The number of aliphatic hydroxyl groups is 1. The number of carboxylic acid groups (broad SMARTS) is 1. The lowest BCUT2D eigenvalue weighted by atomic mass is 9.63. The highest BCUT2D eigenvalue weighted by molar-refractivity contribution is 5.81. The summed E-state index contributed by atoms with van der Waals surface area (Å²) in [4.78, 5) is 28.8. The molecule has 12 nitrogen and oxygen atoms in total. The molecule has 0 radical (unpaired) electrons. The number of benzene rings is 2. The second-order valence-electron chi connectivity index (χ2n) is 13.9. The predicted octanol–water partition coefficient (Wildman–Crippen LogP) is 4.07. The lowest BCUT2D eigenvalue weighted by molar-refractivity contribution is -0.121. The lowest BCUT2D eigenvalue weighted by Crippen LogP contribution is -2.69. The molecule has 3 N–H and O–H groups in total. The first-order valence-corrected chi connectivity index (χ1v) is 17.1. The molecule has 0 spiro atoms. The van der Waals surface area contributed by atoms with Crippen LogP contribution < -0.4 is 15.0 Å². The van der Waals surface area contributed by atoms with Gasteiger partial charge in [0.05, 0.1) is 63.4 Å². The summed E-state index contributed by atoms with van der Waals surface area (Å²) in [5.41, 5.74) is 2.67. The highest BCUT2D eigenvalue weighted by Crippen LogP contribution is 2.48. The van der Waals surface area contributed by atoms with Crippen LogP contribution in [0.1, 0.15) is 56.2 Å². The van der Waals surface area contributed by atoms with E-state index in [-0.39, 0.29) is 31.3 Å². The Balaban J connectivity index is 1.63. The molecule has 0 unspecified atom stereocenters. The number of methoxy groups -OCH3 is 2. The van der Waals surface area contributed by atoms with Crippen LogP contribution in [0, 0.1) is 5.41 Å². The Morgan fingerprint density at radius 3 is 2.43 bits per heavy atom. The van der Waals surface area contributed by atoms with Gasteiger partial charge >= 0.3 is 6.09 Å². The maximum Gasteiger partial charge on any atom is 0.407 e. The molecule has 2 aliphatic rings. The van der Waals surface area contributed by atoms with Gasteiger partial charge in [-0.25, -0.2) is 4.79 Å². The fourth-order valence-corrected chi connectivity index (χ4v) is 6.90. The van der Waals surface area contributed by atoms with Gasteiger partial charge in [0.1, 0.15) is 19.0 Å². The van der Waals surface area contributed by atoms with Crippen molar-refractivity contribution in [3.63, 3.8) is 0 Å². The first-order valence-electron chi connectivity index (χ1n) is 17.1. The lowest BCUT2D eigenvalue weighted by Gasteiger charge is -2.57. The van der Waals surface area contributed by atoms with E-state index in [0.717, 1.165) is 47.6 Å². The van der Waals surface area contributed by atoms with Crippen LogP contribution in [0.15, 0.2) is 42.5 Å². The zero-order valence-corrected chi connectivity index (χ0v) is 29.7. The minimum atomic E-state index is -1.04. The topological polar surface area (TPSA) is 139 Å². The molecule has 4 rings (SSSR count). The molecule has 1 amide bonds. The van der Waals surface area contributed by atoms with Crippen LogP contribution in [0.3, 0.4) is 0 Å². The summed E-state index contributed by atoms with van der Waals surface area (Å²) in [5, 5.41) is 23.1. The number of anilines is 1. The van der Waals surface area contributed by atoms with E-state index in [2.05, 4.69) is 28.4 Å². The molecule has 272 valence electrons. The minimum Gasteiger partial charge on any atom is -0.490 e. The van der Waals surface area contributed by atoms with Gasteiger partial charge in [-0.05, 0) is 47.1 Å². The van der Waals surface area contributed by atoms with Crippen LogP contribution in [0.5, 0.6) is 5.75 Å². The second kappa shape index (κ2) is 18.1. The number of nitrogens with zero attached hydrogens (tertiary/aromatic N) is 2. The summed E-state index contributed by atoms with van der Waals surface area (Å²) in [6.45, 7) is 10.6. The number of carbonyl (C=O) groups excluding carboxylic acids is 1. The number of rotatable bonds is 18. The van der Waals surface area contributed by atoms with Gasteiger partial charge in [-0.3, -0.25) is 9.69 Å². The predicted molar refractivity (Wildman–Crippen MR) is 186 cm³/mol. The molecule has 49 heavy (non-hydrogen) atoms. The highest BCUT2D eigenvalue weighted by atomic mass is 16.5. The highest BCUT2D eigenvalue weighted by Gasteiger charge is 2.55. The van der Waals surface area contributed by atoms with Gasteiger partial charge in [0, 0.05) is 39.8 Å². The van der Waals surface area contributed by atoms with Crippen molar-refractivity contribution in [2.45, 2.75) is 64.4 Å². The number of Topliss-reactive ketones (excluding diaryl/α,β-unsaturated/α-hetero) is 1. The number of ether oxygens (including phenoxy) is 5. The Labute approximate surface area is 290 Å². The van der Waals surface area contributed by atoms with E-state index in [1.165, 1.54) is 4.90 Å². The Morgan fingerprint density at radius 1 is 1.02 bits per heavy atom. The number of ketones is 1. The molecule has 2 heterocycles. The van der Waals surface area contributed by atoms with Gasteiger partial charge in [-0.2, -0.15) is 0 Å². The van der Waals surface area contributed by atoms with Gasteiger partial charge in [-0.15, -0.1) is 0 Å². The number of likely N-dealkylation sites (tertiary alicyclic amines) is 1. The van der Waals surface area contributed by atoms with E-state index < -0.39 is 29.8 Å². The van der Waals surface area contributed by atoms with Crippen molar-refractivity contribution in [3.05, 3.63) is 59.2 Å². The van der Waals surface area contributed by atoms with Gasteiger partial charge in [0.25, 0.3) is 0 Å².